The molecule has 43 heavy (non-hydrogen) atoms. The van der Waals surface area contributed by atoms with Crippen molar-refractivity contribution in [2.24, 2.45) is 0 Å². The van der Waals surface area contributed by atoms with Gasteiger partial charge in [0.1, 0.15) is 5.75 Å². The number of halogens is 1. The Balaban J connectivity index is 1.09. The van der Waals surface area contributed by atoms with E-state index in [0.29, 0.717) is 35.8 Å². The molecular formula is C35H39ClN4O3. The number of aryl methyl sites for hydroxylation is 2. The third kappa shape index (κ3) is 6.35. The summed E-state index contributed by atoms with van der Waals surface area (Å²) in [5, 5.41) is 4.67. The molecule has 0 saturated carbocycles. The summed E-state index contributed by atoms with van der Waals surface area (Å²) in [6.45, 7) is 6.61. The van der Waals surface area contributed by atoms with Gasteiger partial charge in [0.05, 0.1) is 24.7 Å². The fraction of sp³-hybridized carbons (Fsp3) is 0.371. The molecule has 8 heteroatoms. The van der Waals surface area contributed by atoms with Crippen molar-refractivity contribution < 1.29 is 14.3 Å². The van der Waals surface area contributed by atoms with Gasteiger partial charge in [0.15, 0.2) is 5.78 Å². The Morgan fingerprint density at radius 2 is 1.70 bits per heavy atom. The Kier molecular flexibility index (Phi) is 8.84. The number of piperazine rings is 1. The van der Waals surface area contributed by atoms with Crippen molar-refractivity contribution in [3.63, 3.8) is 0 Å². The molecule has 6 rings (SSSR count). The number of benzene rings is 3. The number of methoxy groups -OCH3 is 1. The summed E-state index contributed by atoms with van der Waals surface area (Å²) in [4.78, 5) is 31.2. The highest BCUT2D eigenvalue weighted by atomic mass is 35.5. The van der Waals surface area contributed by atoms with Gasteiger partial charge < -0.3 is 14.6 Å². The minimum atomic E-state index is -0.0810. The van der Waals surface area contributed by atoms with Crippen LogP contribution in [0.2, 0.25) is 5.02 Å². The first-order valence-corrected chi connectivity index (χ1v) is 15.5. The standard InChI is InChI=1S/C35H39ClN4O3/c1-24-7-3-4-8-26(24)19-37-35(42)31-22-39(34-30(31)9-5-10-33(34)43-2)17-6-18-40-28-15-16-29(40)21-38(20-28)23-32(41)25-11-13-27(36)14-12-25/h3-5,7-14,22,28-29H,6,15-21,23H2,1-2H3,(H,37,42). The molecule has 0 spiro atoms. The third-order valence-electron chi connectivity index (χ3n) is 9.08. The van der Waals surface area contributed by atoms with Crippen LogP contribution in [0.3, 0.4) is 0 Å². The summed E-state index contributed by atoms with van der Waals surface area (Å²) in [6.07, 6.45) is 5.28. The molecule has 2 fully saturated rings. The molecule has 2 atom stereocenters. The summed E-state index contributed by atoms with van der Waals surface area (Å²) < 4.78 is 7.91. The monoisotopic (exact) mass is 598 g/mol. The number of carbonyl (C=O) groups is 2. The van der Waals surface area contributed by atoms with Gasteiger partial charge in [0, 0.05) is 67.0 Å². The Bertz CT molecular complexity index is 1600. The summed E-state index contributed by atoms with van der Waals surface area (Å²) >= 11 is 6.00. The van der Waals surface area contributed by atoms with Crippen LogP contribution in [0, 0.1) is 6.92 Å². The average molecular weight is 599 g/mol. The Labute approximate surface area is 258 Å². The minimum absolute atomic E-state index is 0.0810. The van der Waals surface area contributed by atoms with Crippen LogP contribution in [0.1, 0.15) is 51.1 Å². The molecule has 1 N–H and O–H groups in total. The molecule has 3 heterocycles. The number of fused-ring (bicyclic) bond motifs is 3. The highest BCUT2D eigenvalue weighted by molar-refractivity contribution is 6.30. The molecule has 0 aliphatic carbocycles. The lowest BCUT2D eigenvalue weighted by Crippen LogP contribution is -2.54. The van der Waals surface area contributed by atoms with Gasteiger partial charge in [-0.2, -0.15) is 0 Å². The van der Waals surface area contributed by atoms with E-state index in [1.165, 1.54) is 12.8 Å². The lowest BCUT2D eigenvalue weighted by atomic mass is 10.1. The number of ketones is 1. The molecule has 3 aromatic carbocycles. The number of rotatable bonds is 11. The molecule has 2 saturated heterocycles. The number of likely N-dealkylation sites (tertiary alicyclic amines) is 1. The van der Waals surface area contributed by atoms with E-state index in [1.807, 2.05) is 54.7 Å². The molecule has 224 valence electrons. The van der Waals surface area contributed by atoms with Crippen LogP contribution >= 0.6 is 11.6 Å². The van der Waals surface area contributed by atoms with E-state index >= 15 is 0 Å². The van der Waals surface area contributed by atoms with E-state index in [4.69, 9.17) is 16.3 Å². The van der Waals surface area contributed by atoms with E-state index < -0.39 is 0 Å². The number of nitrogens with one attached hydrogen (secondary N) is 1. The maximum atomic E-state index is 13.4. The van der Waals surface area contributed by atoms with Crippen molar-refractivity contribution in [2.75, 3.05) is 33.3 Å². The van der Waals surface area contributed by atoms with Crippen LogP contribution in [0.4, 0.5) is 0 Å². The van der Waals surface area contributed by atoms with Crippen LogP contribution < -0.4 is 10.1 Å². The second kappa shape index (κ2) is 12.9. The molecule has 4 aromatic rings. The van der Waals surface area contributed by atoms with Crippen molar-refractivity contribution >= 4 is 34.2 Å². The van der Waals surface area contributed by atoms with Crippen LogP contribution in [0.5, 0.6) is 5.75 Å². The molecule has 2 unspecified atom stereocenters. The Hall–Kier alpha value is -3.65. The zero-order valence-electron chi connectivity index (χ0n) is 24.9. The fourth-order valence-electron chi connectivity index (χ4n) is 6.85. The zero-order chi connectivity index (χ0) is 29.9. The number of aromatic nitrogens is 1. The number of Topliss-reactive ketones (excluding diaryl/α,β-unsaturated/α-hetero) is 1. The van der Waals surface area contributed by atoms with Crippen molar-refractivity contribution in [1.29, 1.82) is 0 Å². The van der Waals surface area contributed by atoms with Gasteiger partial charge >= 0.3 is 0 Å². The number of hydrogen-bond donors (Lipinski definition) is 1. The van der Waals surface area contributed by atoms with Crippen molar-refractivity contribution in [3.8, 4) is 5.75 Å². The number of ether oxygens (including phenoxy) is 1. The molecule has 7 nitrogen and oxygen atoms in total. The quantitative estimate of drug-likeness (QED) is 0.216. The first-order chi connectivity index (χ1) is 20.9. The van der Waals surface area contributed by atoms with E-state index in [1.54, 1.807) is 19.2 Å². The van der Waals surface area contributed by atoms with Crippen LogP contribution in [-0.2, 0) is 13.1 Å². The van der Waals surface area contributed by atoms with Crippen LogP contribution in [0.25, 0.3) is 10.9 Å². The van der Waals surface area contributed by atoms with E-state index in [9.17, 15) is 9.59 Å². The zero-order valence-corrected chi connectivity index (χ0v) is 25.6. The Morgan fingerprint density at radius 3 is 2.42 bits per heavy atom. The first-order valence-electron chi connectivity index (χ1n) is 15.2. The largest absolute Gasteiger partial charge is 0.495 e. The number of amides is 1. The molecule has 2 bridgehead atoms. The van der Waals surface area contributed by atoms with Gasteiger partial charge in [-0.25, -0.2) is 0 Å². The molecule has 0 radical (unpaired) electrons. The summed E-state index contributed by atoms with van der Waals surface area (Å²) in [5.41, 5.74) is 4.62. The minimum Gasteiger partial charge on any atom is -0.495 e. The summed E-state index contributed by atoms with van der Waals surface area (Å²) in [6, 6.07) is 22.1. The second-order valence-corrected chi connectivity index (χ2v) is 12.2. The molecule has 2 aliphatic rings. The summed E-state index contributed by atoms with van der Waals surface area (Å²) in [7, 11) is 1.68. The predicted molar refractivity (Wildman–Crippen MR) is 171 cm³/mol. The van der Waals surface area contributed by atoms with Crippen LogP contribution in [0.15, 0.2) is 72.9 Å². The van der Waals surface area contributed by atoms with Crippen LogP contribution in [-0.4, -0.2) is 71.4 Å². The number of carbonyl (C=O) groups excluding carboxylic acids is 2. The fourth-order valence-corrected chi connectivity index (χ4v) is 6.98. The van der Waals surface area contributed by atoms with Crippen molar-refractivity contribution in [2.45, 2.75) is 51.4 Å². The highest BCUT2D eigenvalue weighted by Gasteiger charge is 2.39. The normalized spacial score (nSPS) is 18.7. The van der Waals surface area contributed by atoms with E-state index in [2.05, 4.69) is 32.7 Å². The number of nitrogens with zero attached hydrogens (tertiary/aromatic N) is 3. The van der Waals surface area contributed by atoms with E-state index in [0.717, 1.165) is 65.9 Å². The molecule has 2 aliphatic heterocycles. The lowest BCUT2D eigenvalue weighted by Gasteiger charge is -2.41. The smallest absolute Gasteiger partial charge is 0.253 e. The average Bonchev–Trinajstić information content (AvgIpc) is 3.50. The van der Waals surface area contributed by atoms with Gasteiger partial charge in [-0.3, -0.25) is 19.4 Å². The summed E-state index contributed by atoms with van der Waals surface area (Å²) in [5.74, 6) is 0.841. The van der Waals surface area contributed by atoms with Gasteiger partial charge in [0.2, 0.25) is 0 Å². The van der Waals surface area contributed by atoms with Gasteiger partial charge in [-0.1, -0.05) is 48.0 Å². The predicted octanol–water partition coefficient (Wildman–Crippen LogP) is 5.96. The first kappa shape index (κ1) is 29.4. The maximum absolute atomic E-state index is 13.4. The lowest BCUT2D eigenvalue weighted by molar-refractivity contribution is 0.0588. The van der Waals surface area contributed by atoms with Crippen molar-refractivity contribution in [1.82, 2.24) is 19.7 Å². The third-order valence-corrected chi connectivity index (χ3v) is 9.34. The molecule has 1 amide bonds. The van der Waals surface area contributed by atoms with Gasteiger partial charge in [-0.05, 0) is 67.6 Å². The SMILES string of the molecule is COc1cccc2c(C(=O)NCc3ccccc3C)cn(CCCN3C4CCC3CN(CC(=O)c3ccc(Cl)cc3)C4)c12. The van der Waals surface area contributed by atoms with Crippen molar-refractivity contribution in [3.05, 3.63) is 100 Å². The van der Waals surface area contributed by atoms with Gasteiger partial charge in [-0.15, -0.1) is 0 Å². The maximum Gasteiger partial charge on any atom is 0.253 e. The van der Waals surface area contributed by atoms with E-state index in [-0.39, 0.29) is 11.7 Å². The molecule has 1 aromatic heterocycles. The topological polar surface area (TPSA) is 66.8 Å². The Morgan fingerprint density at radius 1 is 0.953 bits per heavy atom. The highest BCUT2D eigenvalue weighted by Crippen LogP contribution is 2.32. The second-order valence-electron chi connectivity index (χ2n) is 11.8. The number of para-hydroxylation sites is 1. The van der Waals surface area contributed by atoms with Gasteiger partial charge in [0.25, 0.3) is 5.91 Å². The number of hydrogen-bond acceptors (Lipinski definition) is 5. The molecular weight excluding hydrogens is 560 g/mol.